The number of carbonyl (C=O) groups is 1. The highest BCUT2D eigenvalue weighted by molar-refractivity contribution is 9.10. The van der Waals surface area contributed by atoms with Gasteiger partial charge in [0.05, 0.1) is 4.99 Å². The molecular formula is C11H13BrN2OS. The Bertz CT molecular complexity index is 409. The summed E-state index contributed by atoms with van der Waals surface area (Å²) in [5.74, 6) is -0.0300. The molecular weight excluding hydrogens is 288 g/mol. The molecule has 0 heterocycles. The number of hydrogen-bond acceptors (Lipinski definition) is 2. The van der Waals surface area contributed by atoms with Gasteiger partial charge >= 0.3 is 0 Å². The molecule has 0 spiro atoms. The first-order valence-electron chi connectivity index (χ1n) is 4.80. The van der Waals surface area contributed by atoms with Gasteiger partial charge in [-0.3, -0.25) is 4.79 Å². The van der Waals surface area contributed by atoms with Crippen molar-refractivity contribution in [1.82, 2.24) is 4.90 Å². The molecule has 0 saturated heterocycles. The molecule has 16 heavy (non-hydrogen) atoms. The molecule has 0 saturated carbocycles. The first kappa shape index (κ1) is 13.1. The van der Waals surface area contributed by atoms with Crippen LogP contribution in [-0.2, 0) is 0 Å². The average Bonchev–Trinajstić information content (AvgIpc) is 2.24. The first-order chi connectivity index (χ1) is 7.50. The predicted molar refractivity (Wildman–Crippen MR) is 72.5 cm³/mol. The summed E-state index contributed by atoms with van der Waals surface area (Å²) in [6.45, 7) is 0.542. The van der Waals surface area contributed by atoms with Gasteiger partial charge in [0.25, 0.3) is 5.91 Å². The maximum Gasteiger partial charge on any atom is 0.253 e. The lowest BCUT2D eigenvalue weighted by Crippen LogP contribution is -2.30. The third-order valence-corrected chi connectivity index (χ3v) is 2.81. The van der Waals surface area contributed by atoms with Gasteiger partial charge in [0, 0.05) is 30.0 Å². The Labute approximate surface area is 109 Å². The summed E-state index contributed by atoms with van der Waals surface area (Å²) in [4.78, 5) is 14.0. The van der Waals surface area contributed by atoms with E-state index in [1.807, 2.05) is 12.1 Å². The van der Waals surface area contributed by atoms with Gasteiger partial charge in [-0.15, -0.1) is 0 Å². The lowest BCUT2D eigenvalue weighted by atomic mass is 10.2. The van der Waals surface area contributed by atoms with Crippen molar-refractivity contribution in [1.29, 1.82) is 0 Å². The lowest BCUT2D eigenvalue weighted by Gasteiger charge is -2.16. The molecule has 1 rings (SSSR count). The van der Waals surface area contributed by atoms with Crippen molar-refractivity contribution in [3.8, 4) is 0 Å². The van der Waals surface area contributed by atoms with Gasteiger partial charge in [0.15, 0.2) is 0 Å². The molecule has 3 nitrogen and oxygen atoms in total. The lowest BCUT2D eigenvalue weighted by molar-refractivity contribution is 0.0799. The van der Waals surface area contributed by atoms with E-state index in [-0.39, 0.29) is 5.91 Å². The van der Waals surface area contributed by atoms with Gasteiger partial charge in [-0.25, -0.2) is 0 Å². The van der Waals surface area contributed by atoms with E-state index in [1.54, 1.807) is 24.1 Å². The Kier molecular flexibility index (Phi) is 4.89. The minimum absolute atomic E-state index is 0.0300. The maximum absolute atomic E-state index is 11.9. The van der Waals surface area contributed by atoms with E-state index in [2.05, 4.69) is 15.9 Å². The first-order valence-corrected chi connectivity index (χ1v) is 6.00. The number of hydrogen-bond donors (Lipinski definition) is 1. The third-order valence-electron chi connectivity index (χ3n) is 2.11. The second-order valence-electron chi connectivity index (χ2n) is 3.45. The molecule has 2 N–H and O–H groups in total. The van der Waals surface area contributed by atoms with Crippen LogP contribution in [-0.4, -0.2) is 29.4 Å². The zero-order valence-corrected chi connectivity index (χ0v) is 11.3. The van der Waals surface area contributed by atoms with E-state index in [0.29, 0.717) is 23.5 Å². The van der Waals surface area contributed by atoms with Crippen molar-refractivity contribution in [2.24, 2.45) is 5.73 Å². The fourth-order valence-electron chi connectivity index (χ4n) is 1.22. The summed E-state index contributed by atoms with van der Waals surface area (Å²) in [6, 6.07) is 7.29. The number of nitrogens with two attached hydrogens (primary N) is 1. The summed E-state index contributed by atoms with van der Waals surface area (Å²) >= 11 is 8.10. The normalized spacial score (nSPS) is 9.88. The summed E-state index contributed by atoms with van der Waals surface area (Å²) in [6.07, 6.45) is 0.547. The van der Waals surface area contributed by atoms with E-state index in [0.717, 1.165) is 4.47 Å². The Morgan fingerprint density at radius 1 is 1.56 bits per heavy atom. The largest absolute Gasteiger partial charge is 0.393 e. The average molecular weight is 301 g/mol. The highest BCUT2D eigenvalue weighted by Gasteiger charge is 2.11. The molecule has 0 radical (unpaired) electrons. The van der Waals surface area contributed by atoms with Crippen LogP contribution in [0.25, 0.3) is 0 Å². The topological polar surface area (TPSA) is 46.3 Å². The Hall–Kier alpha value is -0.940. The fourth-order valence-corrected chi connectivity index (χ4v) is 1.71. The summed E-state index contributed by atoms with van der Waals surface area (Å²) < 4.78 is 0.890. The van der Waals surface area contributed by atoms with Crippen molar-refractivity contribution < 1.29 is 4.79 Å². The molecule has 0 aliphatic rings. The number of thiocarbonyl (C=S) groups is 1. The fraction of sp³-hybridized carbons (Fsp3) is 0.273. The molecule has 0 unspecified atom stereocenters. The van der Waals surface area contributed by atoms with Crippen molar-refractivity contribution >= 4 is 39.0 Å². The van der Waals surface area contributed by atoms with E-state index in [4.69, 9.17) is 18.0 Å². The quantitative estimate of drug-likeness (QED) is 0.867. The third kappa shape index (κ3) is 3.90. The van der Waals surface area contributed by atoms with Crippen molar-refractivity contribution in [2.75, 3.05) is 13.6 Å². The van der Waals surface area contributed by atoms with Crippen LogP contribution < -0.4 is 5.73 Å². The molecule has 0 bridgehead atoms. The molecule has 0 fully saturated rings. The number of rotatable bonds is 4. The van der Waals surface area contributed by atoms with Crippen molar-refractivity contribution in [2.45, 2.75) is 6.42 Å². The van der Waals surface area contributed by atoms with Crippen molar-refractivity contribution in [3.05, 3.63) is 34.3 Å². The monoisotopic (exact) mass is 300 g/mol. The molecule has 0 aromatic heterocycles. The van der Waals surface area contributed by atoms with Gasteiger partial charge < -0.3 is 10.6 Å². The maximum atomic E-state index is 11.9. The summed E-state index contributed by atoms with van der Waals surface area (Å²) in [5.41, 5.74) is 6.04. The molecule has 1 amide bonds. The Balaban J connectivity index is 2.67. The molecule has 86 valence electrons. The zero-order valence-electron chi connectivity index (χ0n) is 8.94. The van der Waals surface area contributed by atoms with Crippen molar-refractivity contribution in [3.63, 3.8) is 0 Å². The standard InChI is InChI=1S/C11H13BrN2OS/c1-14(6-5-10(13)16)11(15)8-3-2-4-9(12)7-8/h2-4,7H,5-6H2,1H3,(H2,13,16). The van der Waals surface area contributed by atoms with E-state index >= 15 is 0 Å². The minimum Gasteiger partial charge on any atom is -0.393 e. The smallest absolute Gasteiger partial charge is 0.253 e. The van der Waals surface area contributed by atoms with Gasteiger partial charge in [0.1, 0.15) is 0 Å². The van der Waals surface area contributed by atoms with Crippen LogP contribution in [0, 0.1) is 0 Å². The van der Waals surface area contributed by atoms with E-state index in [1.165, 1.54) is 0 Å². The second-order valence-corrected chi connectivity index (χ2v) is 4.89. The molecule has 1 aromatic rings. The van der Waals surface area contributed by atoms with Crippen LogP contribution >= 0.6 is 28.1 Å². The van der Waals surface area contributed by atoms with Crippen LogP contribution in [0.5, 0.6) is 0 Å². The zero-order chi connectivity index (χ0) is 12.1. The predicted octanol–water partition coefficient (Wildman–Crippen LogP) is 2.20. The number of carbonyl (C=O) groups excluding carboxylic acids is 1. The van der Waals surface area contributed by atoms with Crippen LogP contribution in [0.3, 0.4) is 0 Å². The van der Waals surface area contributed by atoms with E-state index in [9.17, 15) is 4.79 Å². The second kappa shape index (κ2) is 5.96. The highest BCUT2D eigenvalue weighted by Crippen LogP contribution is 2.13. The van der Waals surface area contributed by atoms with Crippen LogP contribution in [0.2, 0.25) is 0 Å². The highest BCUT2D eigenvalue weighted by atomic mass is 79.9. The number of benzene rings is 1. The Morgan fingerprint density at radius 2 is 2.25 bits per heavy atom. The Morgan fingerprint density at radius 3 is 2.81 bits per heavy atom. The molecule has 0 aliphatic carbocycles. The molecule has 0 atom stereocenters. The molecule has 0 aliphatic heterocycles. The number of halogens is 1. The summed E-state index contributed by atoms with van der Waals surface area (Å²) in [5, 5.41) is 0. The van der Waals surface area contributed by atoms with E-state index < -0.39 is 0 Å². The number of amides is 1. The van der Waals surface area contributed by atoms with Crippen LogP contribution in [0.1, 0.15) is 16.8 Å². The van der Waals surface area contributed by atoms with Gasteiger partial charge in [-0.2, -0.15) is 0 Å². The minimum atomic E-state index is -0.0300. The van der Waals surface area contributed by atoms with Gasteiger partial charge in [0.2, 0.25) is 0 Å². The number of nitrogens with zero attached hydrogens (tertiary/aromatic N) is 1. The summed E-state index contributed by atoms with van der Waals surface area (Å²) in [7, 11) is 1.74. The van der Waals surface area contributed by atoms with Crippen LogP contribution in [0.4, 0.5) is 0 Å². The van der Waals surface area contributed by atoms with Gasteiger partial charge in [-0.05, 0) is 18.2 Å². The molecule has 1 aromatic carbocycles. The SMILES string of the molecule is CN(CCC(N)=S)C(=O)c1cccc(Br)c1. The van der Waals surface area contributed by atoms with Crippen LogP contribution in [0.15, 0.2) is 28.7 Å². The molecule has 5 heteroatoms. The van der Waals surface area contributed by atoms with Gasteiger partial charge in [-0.1, -0.05) is 34.2 Å².